The maximum absolute atomic E-state index is 11.3. The molecule has 1 fully saturated rings. The van der Waals surface area contributed by atoms with Gasteiger partial charge in [0.1, 0.15) is 23.7 Å². The van der Waals surface area contributed by atoms with Crippen LogP contribution in [-0.4, -0.2) is 58.5 Å². The zero-order valence-corrected chi connectivity index (χ0v) is 20.3. The lowest BCUT2D eigenvalue weighted by Crippen LogP contribution is -2.44. The van der Waals surface area contributed by atoms with Crippen molar-refractivity contribution in [3.63, 3.8) is 0 Å². The largest absolute Gasteiger partial charge is 0.490 e. The van der Waals surface area contributed by atoms with Gasteiger partial charge in [0.05, 0.1) is 0 Å². The number of carbonyl (C=O) groups is 1. The number of benzene rings is 2. The Morgan fingerprint density at radius 3 is 2.28 bits per heavy atom. The van der Waals surface area contributed by atoms with Gasteiger partial charge < -0.3 is 35.8 Å². The molecule has 1 saturated heterocycles. The molecule has 36 heavy (non-hydrogen) atoms. The van der Waals surface area contributed by atoms with Crippen LogP contribution in [0.5, 0.6) is 11.5 Å². The highest BCUT2D eigenvalue weighted by Gasteiger charge is 2.22. The molecule has 1 unspecified atom stereocenters. The summed E-state index contributed by atoms with van der Waals surface area (Å²) in [6.45, 7) is 2.68. The number of guanidine groups is 2. The molecule has 2 aromatic rings. The number of hydrogen-bond donors (Lipinski definition) is 5. The minimum absolute atomic E-state index is 0.0132. The molecule has 7 N–H and O–H groups in total. The molecule has 4 rings (SSSR count). The van der Waals surface area contributed by atoms with E-state index in [1.165, 1.54) is 5.56 Å². The predicted octanol–water partition coefficient (Wildman–Crippen LogP) is 2.66. The number of hydrogen-bond acceptors (Lipinski definition) is 5. The molecule has 2 heterocycles. The third kappa shape index (κ3) is 6.38. The van der Waals surface area contributed by atoms with Crippen LogP contribution in [0.1, 0.15) is 48.5 Å². The number of rotatable bonds is 8. The molecule has 2 aliphatic rings. The Bertz CT molecular complexity index is 1100. The fourth-order valence-electron chi connectivity index (χ4n) is 4.69. The number of piperidine rings is 1. The van der Waals surface area contributed by atoms with Crippen LogP contribution in [0.15, 0.2) is 42.5 Å². The van der Waals surface area contributed by atoms with E-state index in [9.17, 15) is 9.90 Å². The predicted molar refractivity (Wildman–Crippen MR) is 136 cm³/mol. The second-order valence-corrected chi connectivity index (χ2v) is 9.28. The van der Waals surface area contributed by atoms with Gasteiger partial charge in [0, 0.05) is 45.4 Å². The highest BCUT2D eigenvalue weighted by Crippen LogP contribution is 2.31. The van der Waals surface area contributed by atoms with Crippen LogP contribution >= 0.6 is 0 Å². The van der Waals surface area contributed by atoms with Crippen LogP contribution in [-0.2, 0) is 17.8 Å². The number of nitrogens with one attached hydrogen (secondary N) is 2. The van der Waals surface area contributed by atoms with E-state index < -0.39 is 12.1 Å². The Morgan fingerprint density at radius 1 is 0.972 bits per heavy atom. The zero-order valence-electron chi connectivity index (χ0n) is 20.3. The first kappa shape index (κ1) is 25.2. The molecule has 0 aromatic heterocycles. The summed E-state index contributed by atoms with van der Waals surface area (Å²) < 4.78 is 12.4. The number of ether oxygens (including phenoxy) is 2. The first-order valence-electron chi connectivity index (χ1n) is 12.2. The fraction of sp³-hybridized carbons (Fsp3) is 0.423. The minimum atomic E-state index is -0.872. The van der Waals surface area contributed by atoms with Gasteiger partial charge in [-0.05, 0) is 53.8 Å². The van der Waals surface area contributed by atoms with Crippen LogP contribution in [0.3, 0.4) is 0 Å². The summed E-state index contributed by atoms with van der Waals surface area (Å²) in [6.07, 6.45) is 2.36. The van der Waals surface area contributed by atoms with Crippen molar-refractivity contribution >= 4 is 17.9 Å². The monoisotopic (exact) mass is 494 g/mol. The molecule has 0 saturated carbocycles. The van der Waals surface area contributed by atoms with Crippen molar-refractivity contribution in [2.24, 2.45) is 11.5 Å². The van der Waals surface area contributed by atoms with E-state index in [2.05, 4.69) is 0 Å². The lowest BCUT2D eigenvalue weighted by Gasteiger charge is -2.32. The SMILES string of the molecule is N=C(N)N1CCC(Oc2ccc(C(CCC(=O)O)Oc3ccc4c(c3)CN(C(=N)N)CC4)cc2)CC1. The average Bonchev–Trinajstić information content (AvgIpc) is 2.86. The summed E-state index contributed by atoms with van der Waals surface area (Å²) in [5.74, 6) is 0.684. The van der Waals surface area contributed by atoms with Crippen LogP contribution in [0.4, 0.5) is 0 Å². The van der Waals surface area contributed by atoms with E-state index in [1.54, 1.807) is 0 Å². The summed E-state index contributed by atoms with van der Waals surface area (Å²) in [6, 6.07) is 13.5. The summed E-state index contributed by atoms with van der Waals surface area (Å²) in [7, 11) is 0. The van der Waals surface area contributed by atoms with Crippen molar-refractivity contribution < 1.29 is 19.4 Å². The van der Waals surface area contributed by atoms with E-state index >= 15 is 0 Å². The van der Waals surface area contributed by atoms with Crippen molar-refractivity contribution in [2.75, 3.05) is 19.6 Å². The quantitative estimate of drug-likeness (QED) is 0.276. The Labute approximate surface area is 210 Å². The van der Waals surface area contributed by atoms with Crippen molar-refractivity contribution in [2.45, 2.75) is 50.9 Å². The molecule has 2 aromatic carbocycles. The van der Waals surface area contributed by atoms with Crippen molar-refractivity contribution in [1.82, 2.24) is 9.80 Å². The summed E-state index contributed by atoms with van der Waals surface area (Å²) >= 11 is 0. The van der Waals surface area contributed by atoms with Crippen molar-refractivity contribution in [3.05, 3.63) is 59.2 Å². The summed E-state index contributed by atoms with van der Waals surface area (Å²) in [5.41, 5.74) is 14.4. The third-order valence-corrected chi connectivity index (χ3v) is 6.77. The van der Waals surface area contributed by atoms with E-state index in [1.807, 2.05) is 52.3 Å². The maximum Gasteiger partial charge on any atom is 0.303 e. The van der Waals surface area contributed by atoms with Crippen molar-refractivity contribution in [1.29, 1.82) is 10.8 Å². The maximum atomic E-state index is 11.3. The molecule has 10 nitrogen and oxygen atoms in total. The number of carboxylic acid groups (broad SMARTS) is 1. The molecule has 1 atom stereocenters. The molecular weight excluding hydrogens is 460 g/mol. The number of carboxylic acids is 1. The number of likely N-dealkylation sites (tertiary alicyclic amines) is 1. The summed E-state index contributed by atoms with van der Waals surface area (Å²) in [4.78, 5) is 14.9. The van der Waals surface area contributed by atoms with Gasteiger partial charge in [-0.25, -0.2) is 0 Å². The normalized spacial score (nSPS) is 16.7. The van der Waals surface area contributed by atoms with E-state index in [4.69, 9.17) is 31.8 Å². The van der Waals surface area contributed by atoms with E-state index in [-0.39, 0.29) is 24.4 Å². The van der Waals surface area contributed by atoms with Gasteiger partial charge in [-0.3, -0.25) is 15.6 Å². The number of nitrogens with zero attached hydrogens (tertiary/aromatic N) is 2. The topological polar surface area (TPSA) is 162 Å². The molecular formula is C26H34N6O4. The Kier molecular flexibility index (Phi) is 7.82. The molecule has 2 aliphatic heterocycles. The molecule has 0 radical (unpaired) electrons. The average molecular weight is 495 g/mol. The van der Waals surface area contributed by atoms with Gasteiger partial charge in [0.25, 0.3) is 0 Å². The molecule has 0 bridgehead atoms. The first-order valence-corrected chi connectivity index (χ1v) is 12.2. The second kappa shape index (κ2) is 11.2. The number of aliphatic carboxylic acids is 1. The smallest absolute Gasteiger partial charge is 0.303 e. The number of fused-ring (bicyclic) bond motifs is 1. The van der Waals surface area contributed by atoms with Crippen LogP contribution in [0.2, 0.25) is 0 Å². The van der Waals surface area contributed by atoms with Crippen LogP contribution < -0.4 is 20.9 Å². The molecule has 0 spiro atoms. The number of nitrogens with two attached hydrogens (primary N) is 2. The fourth-order valence-corrected chi connectivity index (χ4v) is 4.69. The Hall–Kier alpha value is -3.95. The Morgan fingerprint density at radius 2 is 1.64 bits per heavy atom. The van der Waals surface area contributed by atoms with Crippen molar-refractivity contribution in [3.8, 4) is 11.5 Å². The van der Waals surface area contributed by atoms with Gasteiger partial charge in [0.15, 0.2) is 11.9 Å². The van der Waals surface area contributed by atoms with Crippen LogP contribution in [0.25, 0.3) is 0 Å². The highest BCUT2D eigenvalue weighted by atomic mass is 16.5. The lowest BCUT2D eigenvalue weighted by molar-refractivity contribution is -0.137. The third-order valence-electron chi connectivity index (χ3n) is 6.77. The van der Waals surface area contributed by atoms with Gasteiger partial charge in [0.2, 0.25) is 0 Å². The van der Waals surface area contributed by atoms with E-state index in [0.29, 0.717) is 38.3 Å². The second-order valence-electron chi connectivity index (χ2n) is 9.28. The standard InChI is InChI=1S/C26H34N6O4/c27-25(28)31-13-10-21(11-14-31)35-20-4-2-18(3-5-20)23(7-8-24(33)34)36-22-6-1-17-9-12-32(26(29)30)16-19(17)15-22/h1-6,15,21,23H,7-14,16H2,(H3,27,28)(H3,29,30)(H,33,34). The molecule has 0 amide bonds. The lowest BCUT2D eigenvalue weighted by atomic mass is 9.99. The molecule has 0 aliphatic carbocycles. The van der Waals surface area contributed by atoms with E-state index in [0.717, 1.165) is 36.1 Å². The molecule has 192 valence electrons. The highest BCUT2D eigenvalue weighted by molar-refractivity contribution is 5.75. The van der Waals surface area contributed by atoms with Gasteiger partial charge in [-0.15, -0.1) is 0 Å². The summed E-state index contributed by atoms with van der Waals surface area (Å²) in [5, 5.41) is 24.5. The van der Waals surface area contributed by atoms with Crippen LogP contribution in [0, 0.1) is 10.8 Å². The molecule has 10 heteroatoms. The minimum Gasteiger partial charge on any atom is -0.490 e. The van der Waals surface area contributed by atoms with Gasteiger partial charge in [-0.2, -0.15) is 0 Å². The first-order chi connectivity index (χ1) is 17.3. The van der Waals surface area contributed by atoms with Gasteiger partial charge in [-0.1, -0.05) is 18.2 Å². The van der Waals surface area contributed by atoms with Gasteiger partial charge >= 0.3 is 5.97 Å². The zero-order chi connectivity index (χ0) is 25.7. The Balaban J connectivity index is 1.43.